The van der Waals surface area contributed by atoms with Crippen molar-refractivity contribution >= 4 is 0 Å². The first-order valence-electron chi connectivity index (χ1n) is 8.38. The highest BCUT2D eigenvalue weighted by Crippen LogP contribution is 2.10. The van der Waals surface area contributed by atoms with Gasteiger partial charge in [0.05, 0.1) is 0 Å². The van der Waals surface area contributed by atoms with Gasteiger partial charge in [-0.1, -0.05) is 83.8 Å². The lowest BCUT2D eigenvalue weighted by Gasteiger charge is -2.00. The van der Waals surface area contributed by atoms with Gasteiger partial charge in [0.1, 0.15) is 0 Å². The van der Waals surface area contributed by atoms with Crippen LogP contribution in [0.3, 0.4) is 0 Å². The minimum Gasteiger partial charge on any atom is -0.0885 e. The molecule has 0 aromatic carbocycles. The molecule has 0 fully saturated rings. The molecule has 0 saturated heterocycles. The summed E-state index contributed by atoms with van der Waals surface area (Å²) in [6, 6.07) is 0. The quantitative estimate of drug-likeness (QED) is 0.234. The summed E-state index contributed by atoms with van der Waals surface area (Å²) in [5.41, 5.74) is 0. The third-order valence-corrected chi connectivity index (χ3v) is 3.44. The molecule has 0 aromatic heterocycles. The van der Waals surface area contributed by atoms with Crippen LogP contribution in [-0.2, 0) is 0 Å². The third-order valence-electron chi connectivity index (χ3n) is 3.44. The van der Waals surface area contributed by atoms with Crippen LogP contribution in [0.15, 0.2) is 12.2 Å². The molecule has 0 atom stereocenters. The zero-order valence-corrected chi connectivity index (χ0v) is 12.9. The minimum absolute atomic E-state index is 1.25. The second kappa shape index (κ2) is 16.7. The monoisotopic (exact) mass is 251 g/mol. The first-order chi connectivity index (χ1) is 8.91. The normalized spacial score (nSPS) is 11.4. The smallest absolute Gasteiger partial charge is 0.0348 e. The lowest BCUT2D eigenvalue weighted by Crippen LogP contribution is -1.81. The first kappa shape index (κ1) is 17.7. The fraction of sp³-hybridized carbons (Fsp3) is 0.833. The molecule has 0 amide bonds. The Morgan fingerprint density at radius 3 is 1.83 bits per heavy atom. The maximum atomic E-state index is 2.48. The molecule has 0 spiro atoms. The summed E-state index contributed by atoms with van der Waals surface area (Å²) in [7, 11) is 0. The Kier molecular flexibility index (Phi) is 16.5. The van der Waals surface area contributed by atoms with E-state index in [1.807, 2.05) is 0 Å². The molecule has 0 heteroatoms. The fourth-order valence-corrected chi connectivity index (χ4v) is 2.18. The fourth-order valence-electron chi connectivity index (χ4n) is 2.18. The van der Waals surface area contributed by atoms with E-state index in [0.717, 1.165) is 0 Å². The van der Waals surface area contributed by atoms with Gasteiger partial charge in [-0.15, -0.1) is 0 Å². The third kappa shape index (κ3) is 15.7. The second-order valence-electron chi connectivity index (χ2n) is 5.39. The van der Waals surface area contributed by atoms with Crippen molar-refractivity contribution in [2.75, 3.05) is 0 Å². The lowest BCUT2D eigenvalue weighted by atomic mass is 10.1. The molecular weight excluding hydrogens is 216 g/mol. The maximum Gasteiger partial charge on any atom is -0.0348 e. The number of rotatable bonds is 14. The molecule has 0 aliphatic carbocycles. The van der Waals surface area contributed by atoms with Gasteiger partial charge < -0.3 is 0 Å². The van der Waals surface area contributed by atoms with E-state index in [2.05, 4.69) is 32.4 Å². The molecule has 0 heterocycles. The summed E-state index contributed by atoms with van der Waals surface area (Å²) in [6.07, 6.45) is 25.0. The maximum absolute atomic E-state index is 2.48. The molecule has 0 saturated carbocycles. The largest absolute Gasteiger partial charge is 0.0885 e. The van der Waals surface area contributed by atoms with E-state index >= 15 is 0 Å². The van der Waals surface area contributed by atoms with Gasteiger partial charge in [0, 0.05) is 0 Å². The van der Waals surface area contributed by atoms with Gasteiger partial charge in [-0.25, -0.2) is 0 Å². The molecule has 0 unspecified atom stereocenters. The standard InChI is InChI=1S/C18H35/c1-3-5-7-9-11-13-15-17-18-16-14-12-10-8-6-4-2/h11,13,18H,3-10,12,14-17H2,1-2H3/b13-11-. The highest BCUT2D eigenvalue weighted by molar-refractivity contribution is 4.83. The van der Waals surface area contributed by atoms with Gasteiger partial charge in [0.2, 0.25) is 0 Å². The van der Waals surface area contributed by atoms with E-state index in [-0.39, 0.29) is 0 Å². The zero-order valence-electron chi connectivity index (χ0n) is 12.9. The van der Waals surface area contributed by atoms with E-state index in [9.17, 15) is 0 Å². The van der Waals surface area contributed by atoms with E-state index in [0.29, 0.717) is 0 Å². The molecule has 107 valence electrons. The average molecular weight is 251 g/mol. The lowest BCUT2D eigenvalue weighted by molar-refractivity contribution is 0.601. The number of unbranched alkanes of at least 4 members (excludes halogenated alkanes) is 12. The van der Waals surface area contributed by atoms with Gasteiger partial charge in [-0.2, -0.15) is 0 Å². The van der Waals surface area contributed by atoms with Gasteiger partial charge >= 0.3 is 0 Å². The Hall–Kier alpha value is -0.260. The first-order valence-corrected chi connectivity index (χ1v) is 8.38. The van der Waals surface area contributed by atoms with Crippen LogP contribution in [0.4, 0.5) is 0 Å². The molecular formula is C18H35. The average Bonchev–Trinajstić information content (AvgIpc) is 2.39. The summed E-state index contributed by atoms with van der Waals surface area (Å²) in [6.45, 7) is 4.55. The van der Waals surface area contributed by atoms with Crippen molar-refractivity contribution in [1.29, 1.82) is 0 Å². The summed E-state index contributed by atoms with van der Waals surface area (Å²) >= 11 is 0. The van der Waals surface area contributed by atoms with Crippen molar-refractivity contribution < 1.29 is 0 Å². The van der Waals surface area contributed by atoms with Gasteiger partial charge in [-0.3, -0.25) is 0 Å². The van der Waals surface area contributed by atoms with Gasteiger partial charge in [-0.05, 0) is 32.1 Å². The highest BCUT2D eigenvalue weighted by atomic mass is 14.0. The molecule has 0 nitrogen and oxygen atoms in total. The molecule has 0 N–H and O–H groups in total. The highest BCUT2D eigenvalue weighted by Gasteiger charge is 1.91. The summed E-state index contributed by atoms with van der Waals surface area (Å²) in [5, 5.41) is 0. The Labute approximate surface area is 116 Å². The van der Waals surface area contributed by atoms with E-state index in [4.69, 9.17) is 0 Å². The summed E-state index contributed by atoms with van der Waals surface area (Å²) in [5.74, 6) is 0. The van der Waals surface area contributed by atoms with Crippen molar-refractivity contribution in [2.45, 2.75) is 97.3 Å². The predicted molar refractivity (Wildman–Crippen MR) is 84.8 cm³/mol. The van der Waals surface area contributed by atoms with Gasteiger partial charge in [0.15, 0.2) is 0 Å². The molecule has 0 rings (SSSR count). The molecule has 1 radical (unpaired) electrons. The Balaban J connectivity index is 2.98. The second-order valence-corrected chi connectivity index (χ2v) is 5.39. The van der Waals surface area contributed by atoms with E-state index < -0.39 is 0 Å². The minimum atomic E-state index is 1.25. The van der Waals surface area contributed by atoms with E-state index in [1.165, 1.54) is 83.5 Å². The van der Waals surface area contributed by atoms with Crippen LogP contribution < -0.4 is 0 Å². The molecule has 0 aromatic rings. The number of allylic oxidation sites excluding steroid dienone is 2. The van der Waals surface area contributed by atoms with Crippen LogP contribution in [0.2, 0.25) is 0 Å². The predicted octanol–water partition coefficient (Wildman–Crippen LogP) is 6.86. The SMILES string of the molecule is CCCCC/C=C\CC[CH]CCCCCCCC. The number of hydrogen-bond acceptors (Lipinski definition) is 0. The Morgan fingerprint density at radius 2 is 1.06 bits per heavy atom. The van der Waals surface area contributed by atoms with Crippen LogP contribution in [0.1, 0.15) is 97.3 Å². The molecule has 18 heavy (non-hydrogen) atoms. The van der Waals surface area contributed by atoms with Crippen molar-refractivity contribution in [3.8, 4) is 0 Å². The van der Waals surface area contributed by atoms with Crippen LogP contribution in [0, 0.1) is 6.42 Å². The summed E-state index contributed by atoms with van der Waals surface area (Å²) < 4.78 is 0. The number of hydrogen-bond donors (Lipinski definition) is 0. The van der Waals surface area contributed by atoms with E-state index in [1.54, 1.807) is 0 Å². The Morgan fingerprint density at radius 1 is 0.500 bits per heavy atom. The summed E-state index contributed by atoms with van der Waals surface area (Å²) in [4.78, 5) is 0. The van der Waals surface area contributed by atoms with Crippen molar-refractivity contribution in [1.82, 2.24) is 0 Å². The molecule has 0 aliphatic heterocycles. The van der Waals surface area contributed by atoms with Crippen molar-refractivity contribution in [2.24, 2.45) is 0 Å². The Bertz CT molecular complexity index is 157. The van der Waals surface area contributed by atoms with Crippen LogP contribution >= 0.6 is 0 Å². The van der Waals surface area contributed by atoms with Crippen LogP contribution in [0.5, 0.6) is 0 Å². The van der Waals surface area contributed by atoms with Gasteiger partial charge in [0.25, 0.3) is 0 Å². The molecule has 0 bridgehead atoms. The van der Waals surface area contributed by atoms with Crippen molar-refractivity contribution in [3.63, 3.8) is 0 Å². The van der Waals surface area contributed by atoms with Crippen LogP contribution in [0.25, 0.3) is 0 Å². The zero-order chi connectivity index (χ0) is 13.3. The molecule has 0 aliphatic rings. The topological polar surface area (TPSA) is 0 Å². The van der Waals surface area contributed by atoms with Crippen LogP contribution in [-0.4, -0.2) is 0 Å². The van der Waals surface area contributed by atoms with Crippen molar-refractivity contribution in [3.05, 3.63) is 18.6 Å².